The highest BCUT2D eigenvalue weighted by Crippen LogP contribution is 2.38. The molecule has 1 amide bonds. The molecule has 0 bridgehead atoms. The third-order valence-electron chi connectivity index (χ3n) is 2.69. The van der Waals surface area contributed by atoms with Crippen molar-refractivity contribution in [3.8, 4) is 22.8 Å². The van der Waals surface area contributed by atoms with E-state index in [0.29, 0.717) is 29.4 Å². The van der Waals surface area contributed by atoms with E-state index in [-0.39, 0.29) is 5.69 Å². The van der Waals surface area contributed by atoms with Gasteiger partial charge in [0, 0.05) is 0 Å². The molecule has 0 aliphatic rings. The third-order valence-corrected chi connectivity index (χ3v) is 2.69. The van der Waals surface area contributed by atoms with E-state index in [9.17, 15) is 4.79 Å². The zero-order chi connectivity index (χ0) is 14.5. The molecule has 0 radical (unpaired) electrons. The molecule has 3 N–H and O–H groups in total. The number of para-hydroxylation sites is 1. The number of hydrogen-bond donors (Lipinski definition) is 2. The summed E-state index contributed by atoms with van der Waals surface area (Å²) >= 11 is 0. The molecule has 20 heavy (non-hydrogen) atoms. The normalized spacial score (nSPS) is 10.3. The van der Waals surface area contributed by atoms with Crippen LogP contribution in [0.3, 0.4) is 0 Å². The van der Waals surface area contributed by atoms with Crippen LogP contribution in [0.25, 0.3) is 11.3 Å². The van der Waals surface area contributed by atoms with Crippen LogP contribution in [0.2, 0.25) is 0 Å². The standard InChI is InChI=1S/C13H16N4O3/c1-3-7-20-12-8(5-4-6-9(12)19-2)10-11(13(14)18)16-17-15-10/h4-6H,3,7H2,1-2H3,(H2,14,18)(H,15,16,17). The number of methoxy groups -OCH3 is 1. The Balaban J connectivity index is 2.54. The van der Waals surface area contributed by atoms with E-state index in [0.717, 1.165) is 6.42 Å². The van der Waals surface area contributed by atoms with Gasteiger partial charge in [0.2, 0.25) is 0 Å². The van der Waals surface area contributed by atoms with Crippen LogP contribution < -0.4 is 15.2 Å². The molecule has 7 nitrogen and oxygen atoms in total. The van der Waals surface area contributed by atoms with Crippen molar-refractivity contribution in [3.05, 3.63) is 23.9 Å². The van der Waals surface area contributed by atoms with E-state index < -0.39 is 5.91 Å². The number of nitrogens with one attached hydrogen (secondary N) is 1. The number of rotatable bonds is 6. The summed E-state index contributed by atoms with van der Waals surface area (Å²) in [5, 5.41) is 10.1. The number of H-pyrrole nitrogens is 1. The number of nitrogens with zero attached hydrogens (tertiary/aromatic N) is 2. The Morgan fingerprint density at radius 1 is 1.40 bits per heavy atom. The molecule has 106 valence electrons. The van der Waals surface area contributed by atoms with E-state index in [1.807, 2.05) is 6.92 Å². The number of hydrogen-bond acceptors (Lipinski definition) is 5. The van der Waals surface area contributed by atoms with Crippen LogP contribution >= 0.6 is 0 Å². The molecule has 0 unspecified atom stereocenters. The second-order valence-corrected chi connectivity index (χ2v) is 4.07. The van der Waals surface area contributed by atoms with Crippen LogP contribution in [-0.4, -0.2) is 35.0 Å². The number of primary amides is 1. The first-order chi connectivity index (χ1) is 9.69. The molecule has 0 aliphatic carbocycles. The van der Waals surface area contributed by atoms with E-state index in [1.165, 1.54) is 0 Å². The summed E-state index contributed by atoms with van der Waals surface area (Å²) in [7, 11) is 1.55. The number of carbonyl (C=O) groups excluding carboxylic acids is 1. The zero-order valence-electron chi connectivity index (χ0n) is 11.3. The van der Waals surface area contributed by atoms with Crippen LogP contribution in [0, 0.1) is 0 Å². The maximum Gasteiger partial charge on any atom is 0.271 e. The summed E-state index contributed by atoms with van der Waals surface area (Å²) in [5.41, 5.74) is 6.31. The maximum absolute atomic E-state index is 11.4. The fourth-order valence-electron chi connectivity index (χ4n) is 1.81. The van der Waals surface area contributed by atoms with Gasteiger partial charge in [0.05, 0.1) is 19.3 Å². The monoisotopic (exact) mass is 276 g/mol. The first kappa shape index (κ1) is 13.9. The highest BCUT2D eigenvalue weighted by molar-refractivity contribution is 5.97. The summed E-state index contributed by atoms with van der Waals surface area (Å²) in [6.07, 6.45) is 0.846. The number of aromatic nitrogens is 3. The van der Waals surface area contributed by atoms with Crippen LogP contribution in [0.5, 0.6) is 11.5 Å². The van der Waals surface area contributed by atoms with Crippen LogP contribution in [-0.2, 0) is 0 Å². The van der Waals surface area contributed by atoms with Gasteiger partial charge in [-0.05, 0) is 18.6 Å². The number of aromatic amines is 1. The van der Waals surface area contributed by atoms with Crippen LogP contribution in [0.4, 0.5) is 0 Å². The molecular formula is C13H16N4O3. The highest BCUT2D eigenvalue weighted by Gasteiger charge is 2.21. The van der Waals surface area contributed by atoms with Crippen molar-refractivity contribution in [1.29, 1.82) is 0 Å². The molecule has 0 spiro atoms. The Labute approximate surface area is 116 Å². The summed E-state index contributed by atoms with van der Waals surface area (Å²) in [4.78, 5) is 11.4. The number of nitrogens with two attached hydrogens (primary N) is 1. The fraction of sp³-hybridized carbons (Fsp3) is 0.308. The van der Waals surface area contributed by atoms with Crippen molar-refractivity contribution < 1.29 is 14.3 Å². The first-order valence-corrected chi connectivity index (χ1v) is 6.19. The molecule has 0 saturated heterocycles. The molecule has 1 aromatic heterocycles. The summed E-state index contributed by atoms with van der Waals surface area (Å²) in [6, 6.07) is 5.34. The lowest BCUT2D eigenvalue weighted by Gasteiger charge is -2.13. The van der Waals surface area contributed by atoms with Gasteiger partial charge in [-0.25, -0.2) is 0 Å². The minimum atomic E-state index is -0.655. The molecule has 0 saturated carbocycles. The van der Waals surface area contributed by atoms with Crippen molar-refractivity contribution >= 4 is 5.91 Å². The number of ether oxygens (including phenoxy) is 2. The van der Waals surface area contributed by atoms with Crippen molar-refractivity contribution in [2.75, 3.05) is 13.7 Å². The van der Waals surface area contributed by atoms with E-state index >= 15 is 0 Å². The smallest absolute Gasteiger partial charge is 0.271 e. The molecule has 0 aliphatic heterocycles. The van der Waals surface area contributed by atoms with Crippen molar-refractivity contribution in [2.24, 2.45) is 5.73 Å². The summed E-state index contributed by atoms with van der Waals surface area (Å²) < 4.78 is 11.0. The summed E-state index contributed by atoms with van der Waals surface area (Å²) in [5.74, 6) is 0.431. The van der Waals surface area contributed by atoms with Gasteiger partial charge in [0.15, 0.2) is 17.2 Å². The van der Waals surface area contributed by atoms with Crippen LogP contribution in [0.15, 0.2) is 18.2 Å². The van der Waals surface area contributed by atoms with Gasteiger partial charge in [0.1, 0.15) is 5.69 Å². The molecular weight excluding hydrogens is 260 g/mol. The molecule has 7 heteroatoms. The Morgan fingerprint density at radius 3 is 2.85 bits per heavy atom. The molecule has 2 aromatic rings. The van der Waals surface area contributed by atoms with Crippen molar-refractivity contribution in [1.82, 2.24) is 15.4 Å². The Kier molecular flexibility index (Phi) is 4.19. The Hall–Kier alpha value is -2.57. The number of amides is 1. The van der Waals surface area contributed by atoms with Crippen molar-refractivity contribution in [3.63, 3.8) is 0 Å². The molecule has 2 rings (SSSR count). The lowest BCUT2D eigenvalue weighted by molar-refractivity contribution is 0.0996. The minimum absolute atomic E-state index is 0.0691. The minimum Gasteiger partial charge on any atom is -0.493 e. The Bertz CT molecular complexity index is 609. The number of carbonyl (C=O) groups is 1. The van der Waals surface area contributed by atoms with Gasteiger partial charge < -0.3 is 15.2 Å². The van der Waals surface area contributed by atoms with Crippen LogP contribution in [0.1, 0.15) is 23.8 Å². The lowest BCUT2D eigenvalue weighted by atomic mass is 10.1. The van der Waals surface area contributed by atoms with E-state index in [2.05, 4.69) is 15.4 Å². The number of benzene rings is 1. The zero-order valence-corrected chi connectivity index (χ0v) is 11.3. The first-order valence-electron chi connectivity index (χ1n) is 6.19. The topological polar surface area (TPSA) is 103 Å². The average molecular weight is 276 g/mol. The van der Waals surface area contributed by atoms with Gasteiger partial charge in [-0.1, -0.05) is 13.0 Å². The SMILES string of the molecule is CCCOc1c(OC)cccc1-c1n[nH]nc1C(N)=O. The van der Waals surface area contributed by atoms with Crippen molar-refractivity contribution in [2.45, 2.75) is 13.3 Å². The average Bonchev–Trinajstić information content (AvgIpc) is 2.94. The van der Waals surface area contributed by atoms with Gasteiger partial charge in [-0.15, -0.1) is 0 Å². The third kappa shape index (κ3) is 2.56. The molecule has 0 fully saturated rings. The highest BCUT2D eigenvalue weighted by atomic mass is 16.5. The Morgan fingerprint density at radius 2 is 2.20 bits per heavy atom. The molecule has 0 atom stereocenters. The van der Waals surface area contributed by atoms with Gasteiger partial charge >= 0.3 is 0 Å². The second-order valence-electron chi connectivity index (χ2n) is 4.07. The molecule has 1 heterocycles. The van der Waals surface area contributed by atoms with Gasteiger partial charge in [-0.3, -0.25) is 4.79 Å². The van der Waals surface area contributed by atoms with E-state index in [4.69, 9.17) is 15.2 Å². The quantitative estimate of drug-likeness (QED) is 0.829. The van der Waals surface area contributed by atoms with Gasteiger partial charge in [-0.2, -0.15) is 15.4 Å². The second kappa shape index (κ2) is 6.05. The predicted octanol–water partition coefficient (Wildman–Crippen LogP) is 1.37. The van der Waals surface area contributed by atoms with E-state index in [1.54, 1.807) is 25.3 Å². The van der Waals surface area contributed by atoms with Gasteiger partial charge in [0.25, 0.3) is 5.91 Å². The molecule has 1 aromatic carbocycles. The fourth-order valence-corrected chi connectivity index (χ4v) is 1.81. The predicted molar refractivity (Wildman–Crippen MR) is 72.7 cm³/mol. The largest absolute Gasteiger partial charge is 0.493 e. The lowest BCUT2D eigenvalue weighted by Crippen LogP contribution is -2.13. The maximum atomic E-state index is 11.4. The summed E-state index contributed by atoms with van der Waals surface area (Å²) in [6.45, 7) is 2.52.